The second-order valence-electron chi connectivity index (χ2n) is 5.14. The SMILES string of the molecule is CC(CN)S(=O)(=O)N1CCN(CCN(C)C)CC1. The van der Waals surface area contributed by atoms with Crippen molar-refractivity contribution in [3.8, 4) is 0 Å². The molecule has 1 aliphatic heterocycles. The first-order valence-electron chi connectivity index (χ1n) is 6.44. The minimum absolute atomic E-state index is 0.184. The molecular formula is C11H26N4O2S. The van der Waals surface area contributed by atoms with Crippen molar-refractivity contribution in [1.29, 1.82) is 0 Å². The van der Waals surface area contributed by atoms with E-state index in [0.29, 0.717) is 13.1 Å². The van der Waals surface area contributed by atoms with E-state index in [1.165, 1.54) is 0 Å². The maximum Gasteiger partial charge on any atom is 0.218 e. The number of hydrogen-bond acceptors (Lipinski definition) is 5. The van der Waals surface area contributed by atoms with Crippen LogP contribution in [0.25, 0.3) is 0 Å². The molecule has 1 atom stereocenters. The second-order valence-corrected chi connectivity index (χ2v) is 7.49. The Labute approximate surface area is 111 Å². The van der Waals surface area contributed by atoms with Crippen LogP contribution in [0.15, 0.2) is 0 Å². The zero-order valence-corrected chi connectivity index (χ0v) is 12.5. The van der Waals surface area contributed by atoms with E-state index in [2.05, 4.69) is 9.80 Å². The van der Waals surface area contributed by atoms with Crippen molar-refractivity contribution >= 4 is 10.0 Å². The molecule has 0 aromatic heterocycles. The highest BCUT2D eigenvalue weighted by Gasteiger charge is 2.30. The Morgan fingerprint density at radius 1 is 1.22 bits per heavy atom. The average Bonchev–Trinajstić information content (AvgIpc) is 2.35. The predicted molar refractivity (Wildman–Crippen MR) is 74.0 cm³/mol. The molecule has 1 rings (SSSR count). The van der Waals surface area contributed by atoms with Crippen LogP contribution in [0.3, 0.4) is 0 Å². The number of nitrogens with zero attached hydrogens (tertiary/aromatic N) is 3. The van der Waals surface area contributed by atoms with Crippen molar-refractivity contribution in [3.63, 3.8) is 0 Å². The second kappa shape index (κ2) is 6.81. The lowest BCUT2D eigenvalue weighted by atomic mass is 10.3. The van der Waals surface area contributed by atoms with Gasteiger partial charge in [0.1, 0.15) is 0 Å². The molecule has 18 heavy (non-hydrogen) atoms. The van der Waals surface area contributed by atoms with Crippen molar-refractivity contribution in [2.24, 2.45) is 5.73 Å². The molecule has 0 radical (unpaired) electrons. The highest BCUT2D eigenvalue weighted by molar-refractivity contribution is 7.89. The molecule has 1 fully saturated rings. The number of likely N-dealkylation sites (N-methyl/N-ethyl adjacent to an activating group) is 1. The fourth-order valence-electron chi connectivity index (χ4n) is 1.93. The maximum atomic E-state index is 12.1. The Morgan fingerprint density at radius 3 is 2.22 bits per heavy atom. The smallest absolute Gasteiger partial charge is 0.218 e. The van der Waals surface area contributed by atoms with Crippen LogP contribution in [-0.4, -0.2) is 87.7 Å². The quantitative estimate of drug-likeness (QED) is 0.664. The van der Waals surface area contributed by atoms with Gasteiger partial charge in [-0.2, -0.15) is 4.31 Å². The molecule has 0 spiro atoms. The number of rotatable bonds is 6. The van der Waals surface area contributed by atoms with Crippen LogP contribution in [-0.2, 0) is 10.0 Å². The van der Waals surface area contributed by atoms with Gasteiger partial charge in [0.05, 0.1) is 5.25 Å². The molecule has 0 saturated carbocycles. The van der Waals surface area contributed by atoms with E-state index >= 15 is 0 Å². The van der Waals surface area contributed by atoms with E-state index in [1.54, 1.807) is 11.2 Å². The average molecular weight is 278 g/mol. The topological polar surface area (TPSA) is 69.9 Å². The largest absolute Gasteiger partial charge is 0.329 e. The lowest BCUT2D eigenvalue weighted by Crippen LogP contribution is -2.52. The minimum atomic E-state index is -3.20. The van der Waals surface area contributed by atoms with Crippen LogP contribution in [0.5, 0.6) is 0 Å². The predicted octanol–water partition coefficient (Wildman–Crippen LogP) is -1.16. The molecule has 1 heterocycles. The summed E-state index contributed by atoms with van der Waals surface area (Å²) in [5, 5.41) is -0.481. The third-order valence-corrected chi connectivity index (χ3v) is 5.69. The van der Waals surface area contributed by atoms with Crippen molar-refractivity contribution in [2.75, 3.05) is 59.9 Å². The van der Waals surface area contributed by atoms with E-state index in [1.807, 2.05) is 14.1 Å². The first-order chi connectivity index (χ1) is 8.37. The summed E-state index contributed by atoms with van der Waals surface area (Å²) in [6.07, 6.45) is 0. The number of sulfonamides is 1. The van der Waals surface area contributed by atoms with Gasteiger partial charge in [0.2, 0.25) is 10.0 Å². The number of hydrogen-bond donors (Lipinski definition) is 1. The summed E-state index contributed by atoms with van der Waals surface area (Å²) in [5.41, 5.74) is 5.45. The van der Waals surface area contributed by atoms with E-state index in [4.69, 9.17) is 5.73 Å². The van der Waals surface area contributed by atoms with Gasteiger partial charge in [0.25, 0.3) is 0 Å². The van der Waals surface area contributed by atoms with Gasteiger partial charge in [-0.25, -0.2) is 8.42 Å². The fourth-order valence-corrected chi connectivity index (χ4v) is 3.35. The Balaban J connectivity index is 2.44. The van der Waals surface area contributed by atoms with Gasteiger partial charge < -0.3 is 10.6 Å². The zero-order chi connectivity index (χ0) is 13.8. The Kier molecular flexibility index (Phi) is 6.00. The van der Waals surface area contributed by atoms with E-state index in [0.717, 1.165) is 26.2 Å². The molecule has 1 aliphatic rings. The molecule has 0 aliphatic carbocycles. The molecule has 1 unspecified atom stereocenters. The molecule has 0 aromatic carbocycles. The van der Waals surface area contributed by atoms with Crippen LogP contribution < -0.4 is 5.73 Å². The lowest BCUT2D eigenvalue weighted by Gasteiger charge is -2.35. The van der Waals surface area contributed by atoms with Crippen LogP contribution in [0.4, 0.5) is 0 Å². The van der Waals surface area contributed by atoms with E-state index in [9.17, 15) is 8.42 Å². The van der Waals surface area contributed by atoms with E-state index < -0.39 is 15.3 Å². The highest BCUT2D eigenvalue weighted by Crippen LogP contribution is 2.11. The maximum absolute atomic E-state index is 12.1. The van der Waals surface area contributed by atoms with Crippen LogP contribution in [0, 0.1) is 0 Å². The van der Waals surface area contributed by atoms with Gasteiger partial charge in [-0.15, -0.1) is 0 Å². The highest BCUT2D eigenvalue weighted by atomic mass is 32.2. The molecule has 0 bridgehead atoms. The molecule has 1 saturated heterocycles. The molecule has 0 amide bonds. The lowest BCUT2D eigenvalue weighted by molar-refractivity contribution is 0.174. The third kappa shape index (κ3) is 4.17. The molecule has 7 heteroatoms. The summed E-state index contributed by atoms with van der Waals surface area (Å²) in [5.74, 6) is 0. The first kappa shape index (κ1) is 15.8. The van der Waals surface area contributed by atoms with Crippen LogP contribution >= 0.6 is 0 Å². The number of piperazine rings is 1. The molecule has 108 valence electrons. The fraction of sp³-hybridized carbons (Fsp3) is 1.00. The van der Waals surface area contributed by atoms with Crippen molar-refractivity contribution in [3.05, 3.63) is 0 Å². The van der Waals surface area contributed by atoms with Crippen molar-refractivity contribution in [1.82, 2.24) is 14.1 Å². The van der Waals surface area contributed by atoms with Crippen LogP contribution in [0.2, 0.25) is 0 Å². The van der Waals surface area contributed by atoms with E-state index in [-0.39, 0.29) is 6.54 Å². The molecule has 2 N–H and O–H groups in total. The van der Waals surface area contributed by atoms with Crippen LogP contribution in [0.1, 0.15) is 6.92 Å². The summed E-state index contributed by atoms with van der Waals surface area (Å²) in [7, 11) is 0.895. The number of nitrogens with two attached hydrogens (primary N) is 1. The normalized spacial score (nSPS) is 21.4. The standard InChI is InChI=1S/C11H26N4O2S/c1-11(10-12)18(16,17)15-8-6-14(7-9-15)5-4-13(2)3/h11H,4-10,12H2,1-3H3. The Hall–Kier alpha value is -0.210. The summed E-state index contributed by atoms with van der Waals surface area (Å²) in [6.45, 7) is 6.64. The summed E-state index contributed by atoms with van der Waals surface area (Å²) >= 11 is 0. The Bertz CT molecular complexity index is 337. The van der Waals surface area contributed by atoms with Gasteiger partial charge in [-0.3, -0.25) is 4.90 Å². The van der Waals surface area contributed by atoms with Gasteiger partial charge in [-0.05, 0) is 21.0 Å². The zero-order valence-electron chi connectivity index (χ0n) is 11.7. The van der Waals surface area contributed by atoms with Gasteiger partial charge in [0, 0.05) is 45.8 Å². The van der Waals surface area contributed by atoms with Gasteiger partial charge in [0.15, 0.2) is 0 Å². The van der Waals surface area contributed by atoms with Crippen molar-refractivity contribution < 1.29 is 8.42 Å². The van der Waals surface area contributed by atoms with Crippen molar-refractivity contribution in [2.45, 2.75) is 12.2 Å². The Morgan fingerprint density at radius 2 is 1.78 bits per heavy atom. The van der Waals surface area contributed by atoms with Gasteiger partial charge in [-0.1, -0.05) is 0 Å². The monoisotopic (exact) mass is 278 g/mol. The summed E-state index contributed by atoms with van der Waals surface area (Å²) < 4.78 is 25.8. The minimum Gasteiger partial charge on any atom is -0.329 e. The molecular weight excluding hydrogens is 252 g/mol. The molecule has 6 nitrogen and oxygen atoms in total. The third-order valence-electron chi connectivity index (χ3n) is 3.39. The summed E-state index contributed by atoms with van der Waals surface area (Å²) in [4.78, 5) is 4.44. The van der Waals surface area contributed by atoms with Gasteiger partial charge >= 0.3 is 0 Å². The summed E-state index contributed by atoms with van der Waals surface area (Å²) in [6, 6.07) is 0. The first-order valence-corrected chi connectivity index (χ1v) is 7.94. The molecule has 0 aromatic rings.